The van der Waals surface area contributed by atoms with Crippen molar-refractivity contribution in [3.05, 3.63) is 17.5 Å². The van der Waals surface area contributed by atoms with E-state index in [-0.39, 0.29) is 11.9 Å². The van der Waals surface area contributed by atoms with Gasteiger partial charge in [-0.15, -0.1) is 0 Å². The van der Waals surface area contributed by atoms with Crippen LogP contribution >= 0.6 is 0 Å². The number of hydrogen-bond acceptors (Lipinski definition) is 5. The Morgan fingerprint density at radius 1 is 1.65 bits per heavy atom. The van der Waals surface area contributed by atoms with Crippen LogP contribution in [0.2, 0.25) is 0 Å². The fourth-order valence-electron chi connectivity index (χ4n) is 1.89. The zero-order chi connectivity index (χ0) is 12.3. The molecule has 0 aliphatic carbocycles. The molecule has 2 N–H and O–H groups in total. The van der Waals surface area contributed by atoms with Crippen molar-refractivity contribution in [3.8, 4) is 0 Å². The topological polar surface area (TPSA) is 81.6 Å². The first-order valence-corrected chi connectivity index (χ1v) is 5.70. The zero-order valence-corrected chi connectivity index (χ0v) is 9.89. The second-order valence-electron chi connectivity index (χ2n) is 4.24. The van der Waals surface area contributed by atoms with Crippen molar-refractivity contribution in [1.29, 1.82) is 0 Å². The minimum absolute atomic E-state index is 0.0944. The molecule has 94 valence electrons. The molecule has 1 aromatic rings. The summed E-state index contributed by atoms with van der Waals surface area (Å²) in [5, 5.41) is 3.75. The average Bonchev–Trinajstić information content (AvgIpc) is 2.78. The minimum Gasteiger partial charge on any atom is -0.377 e. The minimum atomic E-state index is -0.0944. The maximum atomic E-state index is 12.0. The number of rotatable bonds is 3. The summed E-state index contributed by atoms with van der Waals surface area (Å²) in [7, 11) is 1.57. The number of piperidine rings is 1. The van der Waals surface area contributed by atoms with E-state index in [1.165, 1.54) is 0 Å². The molecule has 0 aromatic carbocycles. The first-order chi connectivity index (χ1) is 8.20. The van der Waals surface area contributed by atoms with Crippen LogP contribution in [0.5, 0.6) is 0 Å². The van der Waals surface area contributed by atoms with Gasteiger partial charge in [0.05, 0.1) is 0 Å². The number of methoxy groups -OCH3 is 1. The van der Waals surface area contributed by atoms with Crippen LogP contribution in [0.15, 0.2) is 10.6 Å². The summed E-state index contributed by atoms with van der Waals surface area (Å²) in [5.41, 5.74) is 6.13. The fraction of sp³-hybridized carbons (Fsp3) is 0.636. The van der Waals surface area contributed by atoms with E-state index in [0.717, 1.165) is 12.8 Å². The summed E-state index contributed by atoms with van der Waals surface area (Å²) in [6, 6.07) is 1.83. The van der Waals surface area contributed by atoms with Crippen LogP contribution in [0.4, 0.5) is 0 Å². The largest absolute Gasteiger partial charge is 0.377 e. The number of aromatic nitrogens is 1. The van der Waals surface area contributed by atoms with Crippen LogP contribution in [-0.4, -0.2) is 42.2 Å². The van der Waals surface area contributed by atoms with E-state index in [9.17, 15) is 4.79 Å². The van der Waals surface area contributed by atoms with E-state index in [1.807, 2.05) is 0 Å². The Labute approximate surface area is 99.7 Å². The van der Waals surface area contributed by atoms with Gasteiger partial charge in [0.15, 0.2) is 11.5 Å². The molecule has 6 nitrogen and oxygen atoms in total. The first kappa shape index (κ1) is 12.1. The lowest BCUT2D eigenvalue weighted by Gasteiger charge is -2.29. The number of amides is 1. The van der Waals surface area contributed by atoms with E-state index in [4.69, 9.17) is 15.0 Å². The number of ether oxygens (including phenoxy) is 1. The lowest BCUT2D eigenvalue weighted by atomic mass is 10.1. The van der Waals surface area contributed by atoms with E-state index >= 15 is 0 Å². The van der Waals surface area contributed by atoms with Crippen molar-refractivity contribution in [2.24, 2.45) is 5.73 Å². The van der Waals surface area contributed by atoms with Crippen molar-refractivity contribution in [1.82, 2.24) is 10.1 Å². The predicted molar refractivity (Wildman–Crippen MR) is 60.3 cm³/mol. The van der Waals surface area contributed by atoms with Crippen LogP contribution in [0.25, 0.3) is 0 Å². The van der Waals surface area contributed by atoms with Crippen LogP contribution in [0.3, 0.4) is 0 Å². The molecule has 0 unspecified atom stereocenters. The third-order valence-corrected chi connectivity index (χ3v) is 2.89. The Hall–Kier alpha value is -1.40. The normalized spacial score (nSPS) is 17.4. The molecule has 0 atom stereocenters. The third kappa shape index (κ3) is 2.83. The second kappa shape index (κ2) is 5.29. The maximum Gasteiger partial charge on any atom is 0.276 e. The summed E-state index contributed by atoms with van der Waals surface area (Å²) < 4.78 is 9.90. The molecule has 1 aliphatic heterocycles. The Kier molecular flexibility index (Phi) is 3.75. The van der Waals surface area contributed by atoms with Gasteiger partial charge < -0.3 is 19.9 Å². The summed E-state index contributed by atoms with van der Waals surface area (Å²) in [6.07, 6.45) is 1.68. The van der Waals surface area contributed by atoms with Crippen LogP contribution in [-0.2, 0) is 11.3 Å². The molecule has 1 aliphatic rings. The van der Waals surface area contributed by atoms with Gasteiger partial charge in [0.1, 0.15) is 6.61 Å². The van der Waals surface area contributed by atoms with E-state index < -0.39 is 0 Å². The lowest BCUT2D eigenvalue weighted by Crippen LogP contribution is -2.42. The maximum absolute atomic E-state index is 12.0. The molecule has 0 spiro atoms. The second-order valence-corrected chi connectivity index (χ2v) is 4.24. The van der Waals surface area contributed by atoms with Crippen molar-refractivity contribution in [2.75, 3.05) is 20.2 Å². The van der Waals surface area contributed by atoms with Gasteiger partial charge in [0, 0.05) is 32.3 Å². The van der Waals surface area contributed by atoms with Gasteiger partial charge in [0.25, 0.3) is 5.91 Å². The molecule has 1 amide bonds. The molecule has 2 heterocycles. The number of nitrogens with zero attached hydrogens (tertiary/aromatic N) is 2. The molecule has 17 heavy (non-hydrogen) atoms. The Balaban J connectivity index is 1.98. The summed E-state index contributed by atoms with van der Waals surface area (Å²) >= 11 is 0. The van der Waals surface area contributed by atoms with Crippen LogP contribution < -0.4 is 5.73 Å². The molecule has 1 aromatic heterocycles. The van der Waals surface area contributed by atoms with Gasteiger partial charge in [-0.25, -0.2) is 0 Å². The zero-order valence-electron chi connectivity index (χ0n) is 9.89. The van der Waals surface area contributed by atoms with Crippen molar-refractivity contribution >= 4 is 5.91 Å². The van der Waals surface area contributed by atoms with Crippen molar-refractivity contribution < 1.29 is 14.1 Å². The SMILES string of the molecule is COCc1cc(C(=O)N2CCC(N)CC2)no1. The quantitative estimate of drug-likeness (QED) is 0.824. The average molecular weight is 239 g/mol. The number of nitrogens with two attached hydrogens (primary N) is 1. The Bertz CT molecular complexity index is 383. The van der Waals surface area contributed by atoms with E-state index in [2.05, 4.69) is 5.16 Å². The van der Waals surface area contributed by atoms with Gasteiger partial charge >= 0.3 is 0 Å². The van der Waals surface area contributed by atoms with Gasteiger partial charge in [-0.05, 0) is 12.8 Å². The third-order valence-electron chi connectivity index (χ3n) is 2.89. The molecule has 6 heteroatoms. The Morgan fingerprint density at radius 3 is 3.00 bits per heavy atom. The smallest absolute Gasteiger partial charge is 0.276 e. The number of carbonyl (C=O) groups is 1. The van der Waals surface area contributed by atoms with Gasteiger partial charge in [-0.3, -0.25) is 4.79 Å². The summed E-state index contributed by atoms with van der Waals surface area (Å²) in [5.74, 6) is 0.465. The fourth-order valence-corrected chi connectivity index (χ4v) is 1.89. The summed E-state index contributed by atoms with van der Waals surface area (Å²) in [6.45, 7) is 1.70. The highest BCUT2D eigenvalue weighted by Crippen LogP contribution is 2.13. The number of likely N-dealkylation sites (tertiary alicyclic amines) is 1. The number of carbonyl (C=O) groups excluding carboxylic acids is 1. The Morgan fingerprint density at radius 2 is 2.35 bits per heavy atom. The molecule has 0 bridgehead atoms. The molecule has 0 saturated carbocycles. The molecule has 1 fully saturated rings. The molecular formula is C11H17N3O3. The van der Waals surface area contributed by atoms with Crippen molar-refractivity contribution in [2.45, 2.75) is 25.5 Å². The molecule has 1 saturated heterocycles. The van der Waals surface area contributed by atoms with Gasteiger partial charge in [0.2, 0.25) is 0 Å². The van der Waals surface area contributed by atoms with Crippen molar-refractivity contribution in [3.63, 3.8) is 0 Å². The predicted octanol–water partition coefficient (Wildman–Crippen LogP) is 0.384. The number of hydrogen-bond donors (Lipinski definition) is 1. The molecular weight excluding hydrogens is 222 g/mol. The van der Waals surface area contributed by atoms with Gasteiger partial charge in [-0.2, -0.15) is 0 Å². The van der Waals surface area contributed by atoms with Crippen LogP contribution in [0.1, 0.15) is 29.1 Å². The summed E-state index contributed by atoms with van der Waals surface area (Å²) in [4.78, 5) is 13.8. The highest BCUT2D eigenvalue weighted by Gasteiger charge is 2.24. The molecule has 0 radical (unpaired) electrons. The standard InChI is InChI=1S/C11H17N3O3/c1-16-7-9-6-10(13-17-9)11(15)14-4-2-8(12)3-5-14/h6,8H,2-5,7,12H2,1H3. The highest BCUT2D eigenvalue weighted by molar-refractivity contribution is 5.92. The lowest BCUT2D eigenvalue weighted by molar-refractivity contribution is 0.0703. The molecule has 2 rings (SSSR count). The van der Waals surface area contributed by atoms with E-state index in [0.29, 0.717) is 31.2 Å². The first-order valence-electron chi connectivity index (χ1n) is 5.70. The van der Waals surface area contributed by atoms with E-state index in [1.54, 1.807) is 18.1 Å². The van der Waals surface area contributed by atoms with Gasteiger partial charge in [-0.1, -0.05) is 5.16 Å². The highest BCUT2D eigenvalue weighted by atomic mass is 16.5. The monoisotopic (exact) mass is 239 g/mol. The van der Waals surface area contributed by atoms with Crippen LogP contribution in [0, 0.1) is 0 Å².